The largest absolute Gasteiger partial charge is 0.469 e. The standard InChI is InChI=1S/C14H19NO3/c1-17-11-13(8-9-14(16)18-2)15-10-12-6-4-3-5-7-12/h3-7,10,13H,8-9,11H2,1-2H3/t13-/m0/s1. The molecule has 4 heteroatoms. The second-order valence-corrected chi connectivity index (χ2v) is 3.91. The molecule has 0 aromatic heterocycles. The van der Waals surface area contributed by atoms with Gasteiger partial charge in [0, 0.05) is 19.7 Å². The van der Waals surface area contributed by atoms with E-state index >= 15 is 0 Å². The SMILES string of the molecule is COC[C@H](CCC(=O)OC)N=Cc1ccccc1. The zero-order valence-electron chi connectivity index (χ0n) is 10.8. The predicted octanol–water partition coefficient (Wildman–Crippen LogP) is 2.07. The molecule has 4 nitrogen and oxygen atoms in total. The summed E-state index contributed by atoms with van der Waals surface area (Å²) in [5.74, 6) is -0.217. The van der Waals surface area contributed by atoms with Gasteiger partial charge in [0.2, 0.25) is 0 Å². The summed E-state index contributed by atoms with van der Waals surface area (Å²) in [4.78, 5) is 15.5. The number of hydrogen-bond donors (Lipinski definition) is 0. The molecular formula is C14H19NO3. The van der Waals surface area contributed by atoms with Gasteiger partial charge in [0.25, 0.3) is 0 Å². The Bertz CT molecular complexity index is 376. The maximum Gasteiger partial charge on any atom is 0.305 e. The van der Waals surface area contributed by atoms with Crippen LogP contribution < -0.4 is 0 Å². The fourth-order valence-corrected chi connectivity index (χ4v) is 1.51. The number of rotatable bonds is 7. The van der Waals surface area contributed by atoms with Crippen LogP contribution in [0.2, 0.25) is 0 Å². The van der Waals surface area contributed by atoms with E-state index in [1.807, 2.05) is 30.3 Å². The van der Waals surface area contributed by atoms with Crippen LogP contribution in [0.4, 0.5) is 0 Å². The number of carbonyl (C=O) groups excluding carboxylic acids is 1. The van der Waals surface area contributed by atoms with Crippen molar-refractivity contribution in [1.29, 1.82) is 0 Å². The second-order valence-electron chi connectivity index (χ2n) is 3.91. The van der Waals surface area contributed by atoms with Gasteiger partial charge in [-0.05, 0) is 12.0 Å². The van der Waals surface area contributed by atoms with Gasteiger partial charge >= 0.3 is 5.97 Å². The first-order valence-electron chi connectivity index (χ1n) is 5.90. The lowest BCUT2D eigenvalue weighted by molar-refractivity contribution is -0.140. The van der Waals surface area contributed by atoms with Crippen molar-refractivity contribution in [3.63, 3.8) is 0 Å². The third-order valence-corrected chi connectivity index (χ3v) is 2.50. The molecule has 0 aliphatic rings. The van der Waals surface area contributed by atoms with Gasteiger partial charge in [-0.2, -0.15) is 0 Å². The topological polar surface area (TPSA) is 47.9 Å². The fourth-order valence-electron chi connectivity index (χ4n) is 1.51. The van der Waals surface area contributed by atoms with Crippen molar-refractivity contribution < 1.29 is 14.3 Å². The zero-order valence-corrected chi connectivity index (χ0v) is 10.8. The van der Waals surface area contributed by atoms with Crippen molar-refractivity contribution in [2.24, 2.45) is 4.99 Å². The first kappa shape index (κ1) is 14.4. The fraction of sp³-hybridized carbons (Fsp3) is 0.429. The van der Waals surface area contributed by atoms with E-state index in [0.29, 0.717) is 19.4 Å². The summed E-state index contributed by atoms with van der Waals surface area (Å²) in [6.45, 7) is 0.500. The Labute approximate surface area is 108 Å². The predicted molar refractivity (Wildman–Crippen MR) is 71.0 cm³/mol. The lowest BCUT2D eigenvalue weighted by Crippen LogP contribution is -2.15. The van der Waals surface area contributed by atoms with Gasteiger partial charge in [0.15, 0.2) is 0 Å². The number of carbonyl (C=O) groups is 1. The van der Waals surface area contributed by atoms with Crippen molar-refractivity contribution in [1.82, 2.24) is 0 Å². The molecule has 1 atom stereocenters. The van der Waals surface area contributed by atoms with Crippen LogP contribution in [0.15, 0.2) is 35.3 Å². The van der Waals surface area contributed by atoms with Crippen LogP contribution in [-0.4, -0.2) is 39.1 Å². The highest BCUT2D eigenvalue weighted by molar-refractivity contribution is 5.79. The first-order chi connectivity index (χ1) is 8.76. The Hall–Kier alpha value is -1.68. The van der Waals surface area contributed by atoms with Crippen LogP contribution in [-0.2, 0) is 14.3 Å². The van der Waals surface area contributed by atoms with E-state index in [1.54, 1.807) is 13.3 Å². The molecule has 18 heavy (non-hydrogen) atoms. The molecule has 1 aromatic carbocycles. The van der Waals surface area contributed by atoms with Crippen LogP contribution in [0, 0.1) is 0 Å². The molecule has 0 saturated heterocycles. The monoisotopic (exact) mass is 249 g/mol. The number of nitrogens with zero attached hydrogens (tertiary/aromatic N) is 1. The molecule has 0 saturated carbocycles. The molecule has 1 aromatic rings. The van der Waals surface area contributed by atoms with Crippen LogP contribution >= 0.6 is 0 Å². The van der Waals surface area contributed by atoms with Gasteiger partial charge in [0.05, 0.1) is 19.8 Å². The van der Waals surface area contributed by atoms with Gasteiger partial charge in [-0.15, -0.1) is 0 Å². The number of ether oxygens (including phenoxy) is 2. The maximum absolute atomic E-state index is 11.1. The molecule has 1 rings (SSSR count). The van der Waals surface area contributed by atoms with E-state index in [-0.39, 0.29) is 12.0 Å². The van der Waals surface area contributed by atoms with Gasteiger partial charge in [-0.25, -0.2) is 0 Å². The Morgan fingerprint density at radius 1 is 1.33 bits per heavy atom. The Kier molecular flexibility index (Phi) is 6.72. The zero-order chi connectivity index (χ0) is 13.2. The van der Waals surface area contributed by atoms with Gasteiger partial charge < -0.3 is 9.47 Å². The summed E-state index contributed by atoms with van der Waals surface area (Å²) in [6.07, 6.45) is 2.79. The van der Waals surface area contributed by atoms with Gasteiger partial charge in [0.1, 0.15) is 0 Å². The minimum Gasteiger partial charge on any atom is -0.469 e. The molecule has 0 unspecified atom stereocenters. The van der Waals surface area contributed by atoms with Crippen LogP contribution in [0.5, 0.6) is 0 Å². The smallest absolute Gasteiger partial charge is 0.305 e. The highest BCUT2D eigenvalue weighted by atomic mass is 16.5. The Morgan fingerprint density at radius 3 is 2.67 bits per heavy atom. The first-order valence-corrected chi connectivity index (χ1v) is 5.90. The number of benzene rings is 1. The van der Waals surface area contributed by atoms with Crippen molar-refractivity contribution >= 4 is 12.2 Å². The summed E-state index contributed by atoms with van der Waals surface area (Å²) in [6, 6.07) is 9.82. The highest BCUT2D eigenvalue weighted by Gasteiger charge is 2.09. The normalized spacial score (nSPS) is 12.6. The van der Waals surface area contributed by atoms with E-state index in [1.165, 1.54) is 7.11 Å². The lowest BCUT2D eigenvalue weighted by atomic mass is 10.1. The van der Waals surface area contributed by atoms with E-state index in [0.717, 1.165) is 5.56 Å². The van der Waals surface area contributed by atoms with Crippen LogP contribution in [0.3, 0.4) is 0 Å². The van der Waals surface area contributed by atoms with Gasteiger partial charge in [-0.1, -0.05) is 30.3 Å². The molecule has 98 valence electrons. The van der Waals surface area contributed by atoms with E-state index < -0.39 is 0 Å². The molecule has 0 fully saturated rings. The summed E-state index contributed by atoms with van der Waals surface area (Å²) in [7, 11) is 3.02. The van der Waals surface area contributed by atoms with Crippen molar-refractivity contribution in [2.75, 3.05) is 20.8 Å². The van der Waals surface area contributed by atoms with E-state index in [4.69, 9.17) is 4.74 Å². The van der Waals surface area contributed by atoms with Crippen LogP contribution in [0.25, 0.3) is 0 Å². The lowest BCUT2D eigenvalue weighted by Gasteiger charge is -2.10. The molecule has 0 heterocycles. The number of aliphatic imine (C=N–C) groups is 1. The number of esters is 1. The minimum absolute atomic E-state index is 0.0192. The third-order valence-electron chi connectivity index (χ3n) is 2.50. The summed E-state index contributed by atoms with van der Waals surface area (Å²) >= 11 is 0. The molecule has 0 aliphatic heterocycles. The molecule has 0 bridgehead atoms. The van der Waals surface area contributed by atoms with Crippen LogP contribution in [0.1, 0.15) is 18.4 Å². The molecule has 0 radical (unpaired) electrons. The second kappa shape index (κ2) is 8.42. The summed E-state index contributed by atoms with van der Waals surface area (Å²) < 4.78 is 9.70. The van der Waals surface area contributed by atoms with Crippen molar-refractivity contribution in [2.45, 2.75) is 18.9 Å². The maximum atomic E-state index is 11.1. The average molecular weight is 249 g/mol. The van der Waals surface area contributed by atoms with E-state index in [9.17, 15) is 4.79 Å². The highest BCUT2D eigenvalue weighted by Crippen LogP contribution is 2.05. The summed E-state index contributed by atoms with van der Waals surface area (Å²) in [5, 5.41) is 0. The van der Waals surface area contributed by atoms with Crippen molar-refractivity contribution in [3.05, 3.63) is 35.9 Å². The number of hydrogen-bond acceptors (Lipinski definition) is 4. The molecule has 0 aliphatic carbocycles. The summed E-state index contributed by atoms with van der Waals surface area (Å²) in [5.41, 5.74) is 1.04. The molecule has 0 amide bonds. The minimum atomic E-state index is -0.217. The van der Waals surface area contributed by atoms with E-state index in [2.05, 4.69) is 9.73 Å². The van der Waals surface area contributed by atoms with Gasteiger partial charge in [-0.3, -0.25) is 9.79 Å². The molecule has 0 spiro atoms. The Morgan fingerprint density at radius 2 is 2.06 bits per heavy atom. The quantitative estimate of drug-likeness (QED) is 0.549. The van der Waals surface area contributed by atoms with Crippen molar-refractivity contribution in [3.8, 4) is 0 Å². The average Bonchev–Trinajstić information content (AvgIpc) is 2.42. The number of methoxy groups -OCH3 is 2. The molecular weight excluding hydrogens is 230 g/mol. The molecule has 0 N–H and O–H groups in total. The Balaban J connectivity index is 2.51. The third kappa shape index (κ3) is 5.59.